The maximum atomic E-state index is 13.3. The van der Waals surface area contributed by atoms with Gasteiger partial charge in [0.15, 0.2) is 0 Å². The zero-order valence-electron chi connectivity index (χ0n) is 11.1. The van der Waals surface area contributed by atoms with Gasteiger partial charge >= 0.3 is 0 Å². The molecule has 1 atom stereocenters. The van der Waals surface area contributed by atoms with E-state index in [0.717, 1.165) is 11.1 Å². The molecule has 108 valence electrons. The molecule has 0 aliphatic carbocycles. The van der Waals surface area contributed by atoms with Gasteiger partial charge < -0.3 is 10.1 Å². The smallest absolute Gasteiger partial charge is 0.255 e. The zero-order chi connectivity index (χ0) is 14.8. The van der Waals surface area contributed by atoms with Crippen molar-refractivity contribution < 1.29 is 13.9 Å². The lowest BCUT2D eigenvalue weighted by Gasteiger charge is -2.13. The first-order chi connectivity index (χ1) is 10.1. The van der Waals surface area contributed by atoms with Crippen LogP contribution in [0.4, 0.5) is 4.39 Å². The lowest BCUT2D eigenvalue weighted by Crippen LogP contribution is -2.24. The van der Waals surface area contributed by atoms with Crippen LogP contribution in [0.5, 0.6) is 5.75 Å². The average Bonchev–Trinajstić information content (AvgIpc) is 2.68. The van der Waals surface area contributed by atoms with Crippen LogP contribution < -0.4 is 10.1 Å². The lowest BCUT2D eigenvalue weighted by molar-refractivity contribution is 0.0957. The summed E-state index contributed by atoms with van der Waals surface area (Å²) in [4.78, 5) is 11.8. The van der Waals surface area contributed by atoms with E-state index in [-0.39, 0.29) is 16.6 Å². The summed E-state index contributed by atoms with van der Waals surface area (Å²) in [5, 5.41) is 2.78. The minimum absolute atomic E-state index is 0.150. The average molecular weight is 350 g/mol. The summed E-state index contributed by atoms with van der Waals surface area (Å²) in [6.07, 6.45) is 0. The molecule has 3 nitrogen and oxygen atoms in total. The molecule has 1 unspecified atom stereocenters. The van der Waals surface area contributed by atoms with Crippen LogP contribution in [0.3, 0.4) is 0 Å². The molecule has 3 rings (SSSR count). The molecule has 1 amide bonds. The van der Waals surface area contributed by atoms with E-state index in [4.69, 9.17) is 4.74 Å². The fourth-order valence-corrected chi connectivity index (χ4v) is 2.86. The molecule has 0 spiro atoms. The van der Waals surface area contributed by atoms with Crippen LogP contribution in [0.15, 0.2) is 42.5 Å². The molecule has 0 fully saturated rings. The highest BCUT2D eigenvalue weighted by Crippen LogP contribution is 2.34. The highest BCUT2D eigenvalue weighted by molar-refractivity contribution is 9.09. The number of hydrogen-bond donors (Lipinski definition) is 1. The number of hydrogen-bond acceptors (Lipinski definition) is 2. The number of nitrogens with one attached hydrogen (secondary N) is 1. The number of fused-ring (bicyclic) bond motifs is 1. The van der Waals surface area contributed by atoms with Gasteiger partial charge in [0.25, 0.3) is 5.91 Å². The highest BCUT2D eigenvalue weighted by Gasteiger charge is 2.19. The number of rotatable bonds is 2. The molecule has 0 bridgehead atoms. The Morgan fingerprint density at radius 2 is 2.00 bits per heavy atom. The van der Waals surface area contributed by atoms with Crippen molar-refractivity contribution in [1.29, 1.82) is 0 Å². The number of ether oxygens (including phenoxy) is 1. The predicted octanol–water partition coefficient (Wildman–Crippen LogP) is 3.43. The van der Waals surface area contributed by atoms with E-state index in [0.29, 0.717) is 24.5 Å². The van der Waals surface area contributed by atoms with Gasteiger partial charge in [-0.2, -0.15) is 0 Å². The molecule has 21 heavy (non-hydrogen) atoms. The molecule has 5 heteroatoms. The van der Waals surface area contributed by atoms with Gasteiger partial charge in [-0.05, 0) is 35.4 Å². The molecule has 1 aliphatic heterocycles. The largest absolute Gasteiger partial charge is 0.491 e. The molecule has 0 saturated carbocycles. The molecule has 0 aromatic heterocycles. The number of carbonyl (C=O) groups excluding carboxylic acids is 1. The van der Waals surface area contributed by atoms with E-state index in [1.807, 2.05) is 12.1 Å². The van der Waals surface area contributed by atoms with E-state index in [1.54, 1.807) is 18.2 Å². The molecule has 2 aromatic carbocycles. The maximum absolute atomic E-state index is 13.3. The van der Waals surface area contributed by atoms with Crippen molar-refractivity contribution in [2.45, 2.75) is 4.83 Å². The van der Waals surface area contributed by atoms with Crippen LogP contribution >= 0.6 is 15.9 Å². The second kappa shape index (κ2) is 5.85. The van der Waals surface area contributed by atoms with Crippen LogP contribution in [0, 0.1) is 5.82 Å². The first kappa shape index (κ1) is 14.1. The predicted molar refractivity (Wildman–Crippen MR) is 81.4 cm³/mol. The quantitative estimate of drug-likeness (QED) is 0.843. The third-order valence-electron chi connectivity index (χ3n) is 3.33. The molecule has 0 radical (unpaired) electrons. The van der Waals surface area contributed by atoms with Crippen LogP contribution in [-0.4, -0.2) is 19.1 Å². The minimum Gasteiger partial charge on any atom is -0.491 e. The number of carbonyl (C=O) groups is 1. The Bertz CT molecular complexity index is 690. The highest BCUT2D eigenvalue weighted by atomic mass is 79.9. The van der Waals surface area contributed by atoms with Gasteiger partial charge in [0.2, 0.25) is 0 Å². The molecular weight excluding hydrogens is 337 g/mol. The summed E-state index contributed by atoms with van der Waals surface area (Å²) >= 11 is 3.56. The molecular formula is C16H13BrFNO2. The fraction of sp³-hybridized carbons (Fsp3) is 0.188. The van der Waals surface area contributed by atoms with Gasteiger partial charge in [0.1, 0.15) is 18.2 Å². The number of halogens is 2. The van der Waals surface area contributed by atoms with E-state index in [1.165, 1.54) is 12.1 Å². The zero-order valence-corrected chi connectivity index (χ0v) is 12.7. The second-order valence-electron chi connectivity index (χ2n) is 4.78. The number of alkyl halides is 1. The molecule has 1 N–H and O–H groups in total. The Hall–Kier alpha value is -1.88. The third kappa shape index (κ3) is 2.93. The topological polar surface area (TPSA) is 38.3 Å². The van der Waals surface area contributed by atoms with Gasteiger partial charge in [-0.1, -0.05) is 34.1 Å². The minimum atomic E-state index is -0.284. The van der Waals surface area contributed by atoms with Crippen molar-refractivity contribution in [3.8, 4) is 5.75 Å². The SMILES string of the molecule is O=C1NCCOc2ccc(C(Br)c3cccc(F)c3)cc21. The summed E-state index contributed by atoms with van der Waals surface area (Å²) in [6, 6.07) is 11.8. The van der Waals surface area contributed by atoms with Gasteiger partial charge in [0, 0.05) is 0 Å². The van der Waals surface area contributed by atoms with Gasteiger partial charge in [-0.3, -0.25) is 4.79 Å². The Labute approximate surface area is 130 Å². The number of amides is 1. The van der Waals surface area contributed by atoms with Crippen molar-refractivity contribution in [1.82, 2.24) is 5.32 Å². The Morgan fingerprint density at radius 1 is 1.19 bits per heavy atom. The van der Waals surface area contributed by atoms with E-state index >= 15 is 0 Å². The third-order valence-corrected chi connectivity index (χ3v) is 4.38. The van der Waals surface area contributed by atoms with Crippen molar-refractivity contribution in [2.24, 2.45) is 0 Å². The Balaban J connectivity index is 1.98. The first-order valence-corrected chi connectivity index (χ1v) is 7.51. The molecule has 2 aromatic rings. The Kier molecular flexibility index (Phi) is 3.92. The fourth-order valence-electron chi connectivity index (χ4n) is 2.29. The summed E-state index contributed by atoms with van der Waals surface area (Å²) in [5.74, 6) is 0.142. The van der Waals surface area contributed by atoms with Crippen LogP contribution in [0.2, 0.25) is 0 Å². The lowest BCUT2D eigenvalue weighted by atomic mass is 10.0. The summed E-state index contributed by atoms with van der Waals surface area (Å²) in [7, 11) is 0. The standard InChI is InChI=1S/C16H13BrFNO2/c17-15(10-2-1-3-12(18)8-10)11-4-5-14-13(9-11)16(20)19-6-7-21-14/h1-5,8-9,15H,6-7H2,(H,19,20). The number of benzene rings is 2. The van der Waals surface area contributed by atoms with Crippen LogP contribution in [0.1, 0.15) is 26.3 Å². The summed E-state index contributed by atoms with van der Waals surface area (Å²) in [5.41, 5.74) is 2.18. The van der Waals surface area contributed by atoms with Gasteiger partial charge in [0.05, 0.1) is 16.9 Å². The van der Waals surface area contributed by atoms with Crippen molar-refractivity contribution in [2.75, 3.05) is 13.2 Å². The van der Waals surface area contributed by atoms with Crippen LogP contribution in [0.25, 0.3) is 0 Å². The van der Waals surface area contributed by atoms with E-state index in [9.17, 15) is 9.18 Å². The first-order valence-electron chi connectivity index (χ1n) is 6.59. The monoisotopic (exact) mass is 349 g/mol. The normalized spacial score (nSPS) is 15.4. The summed E-state index contributed by atoms with van der Waals surface area (Å²) < 4.78 is 18.8. The molecule has 1 heterocycles. The molecule has 1 aliphatic rings. The van der Waals surface area contributed by atoms with Crippen molar-refractivity contribution >= 4 is 21.8 Å². The van der Waals surface area contributed by atoms with E-state index < -0.39 is 0 Å². The van der Waals surface area contributed by atoms with Crippen molar-refractivity contribution in [3.63, 3.8) is 0 Å². The maximum Gasteiger partial charge on any atom is 0.255 e. The Morgan fingerprint density at radius 3 is 2.81 bits per heavy atom. The van der Waals surface area contributed by atoms with Crippen LogP contribution in [-0.2, 0) is 0 Å². The second-order valence-corrected chi connectivity index (χ2v) is 5.69. The van der Waals surface area contributed by atoms with E-state index in [2.05, 4.69) is 21.2 Å². The summed E-state index contributed by atoms with van der Waals surface area (Å²) in [6.45, 7) is 0.949. The van der Waals surface area contributed by atoms with Gasteiger partial charge in [-0.25, -0.2) is 4.39 Å². The van der Waals surface area contributed by atoms with Gasteiger partial charge in [-0.15, -0.1) is 0 Å². The molecule has 0 saturated heterocycles. The van der Waals surface area contributed by atoms with Crippen molar-refractivity contribution in [3.05, 3.63) is 65.0 Å².